The highest BCUT2D eigenvalue weighted by Crippen LogP contribution is 2.46. The van der Waals surface area contributed by atoms with Crippen LogP contribution in [0.2, 0.25) is 0 Å². The fourth-order valence-electron chi connectivity index (χ4n) is 4.79. The van der Waals surface area contributed by atoms with Crippen LogP contribution in [-0.4, -0.2) is 52.6 Å². The van der Waals surface area contributed by atoms with Crippen molar-refractivity contribution in [2.24, 2.45) is 0 Å². The highest BCUT2D eigenvalue weighted by Gasteiger charge is 2.50. The van der Waals surface area contributed by atoms with Gasteiger partial charge in [0.15, 0.2) is 5.11 Å². The lowest BCUT2D eigenvalue weighted by molar-refractivity contribution is -0.128. The van der Waals surface area contributed by atoms with Gasteiger partial charge in [-0.3, -0.25) is 9.69 Å². The fraction of sp³-hybridized carbons (Fsp3) is 0.304. The van der Waals surface area contributed by atoms with E-state index in [9.17, 15) is 4.79 Å². The van der Waals surface area contributed by atoms with Crippen molar-refractivity contribution in [2.45, 2.75) is 25.4 Å². The number of hydrogen-bond donors (Lipinski definition) is 1. The maximum absolute atomic E-state index is 13.2. The van der Waals surface area contributed by atoms with Crippen LogP contribution < -0.4 is 9.47 Å². The van der Waals surface area contributed by atoms with Gasteiger partial charge in [-0.25, -0.2) is 0 Å². The number of carbonyl (C=O) groups is 1. The second-order valence-electron chi connectivity index (χ2n) is 7.57. The molecule has 0 radical (unpaired) electrons. The number of para-hydroxylation sites is 1. The molecule has 5 rings (SSSR count). The number of carbonyl (C=O) groups excluding carboxylic acids is 1. The molecule has 3 heterocycles. The van der Waals surface area contributed by atoms with Crippen LogP contribution in [0.4, 0.5) is 0 Å². The number of H-pyrrole nitrogens is 1. The van der Waals surface area contributed by atoms with Crippen molar-refractivity contribution in [3.8, 4) is 11.5 Å². The van der Waals surface area contributed by atoms with Crippen LogP contribution >= 0.6 is 12.2 Å². The molecule has 30 heavy (non-hydrogen) atoms. The van der Waals surface area contributed by atoms with Gasteiger partial charge in [0, 0.05) is 41.2 Å². The predicted octanol–water partition coefficient (Wildman–Crippen LogP) is 3.65. The molecule has 2 aromatic carbocycles. The Labute approximate surface area is 180 Å². The molecular formula is C23H23N3O3S. The van der Waals surface area contributed by atoms with Crippen molar-refractivity contribution in [1.29, 1.82) is 0 Å². The molecule has 2 aliphatic heterocycles. The largest absolute Gasteiger partial charge is 0.497 e. The summed E-state index contributed by atoms with van der Waals surface area (Å²) in [5.41, 5.74) is 4.24. The Kier molecular flexibility index (Phi) is 4.43. The Morgan fingerprint density at radius 2 is 1.97 bits per heavy atom. The van der Waals surface area contributed by atoms with E-state index < -0.39 is 0 Å². The van der Waals surface area contributed by atoms with Gasteiger partial charge in [-0.1, -0.05) is 18.2 Å². The molecule has 1 fully saturated rings. The maximum Gasteiger partial charge on any atom is 0.251 e. The van der Waals surface area contributed by atoms with Crippen molar-refractivity contribution < 1.29 is 14.3 Å². The van der Waals surface area contributed by atoms with E-state index >= 15 is 0 Å². The summed E-state index contributed by atoms with van der Waals surface area (Å²) < 4.78 is 11.1. The molecule has 3 aromatic rings. The number of methoxy groups -OCH3 is 2. The topological polar surface area (TPSA) is 57.8 Å². The molecule has 7 heteroatoms. The van der Waals surface area contributed by atoms with E-state index in [0.717, 1.165) is 27.9 Å². The number of thiocarbonyl (C=S) groups is 1. The summed E-state index contributed by atoms with van der Waals surface area (Å²) in [5.74, 6) is 1.49. The number of nitrogens with zero attached hydrogens (tertiary/aromatic N) is 2. The average Bonchev–Trinajstić information content (AvgIpc) is 3.26. The van der Waals surface area contributed by atoms with E-state index in [1.165, 1.54) is 5.56 Å². The summed E-state index contributed by atoms with van der Waals surface area (Å²) in [6, 6.07) is 13.5. The molecule has 154 valence electrons. The van der Waals surface area contributed by atoms with Crippen LogP contribution in [0, 0.1) is 0 Å². The molecule has 0 aliphatic carbocycles. The first-order chi connectivity index (χ1) is 14.6. The van der Waals surface area contributed by atoms with E-state index in [0.29, 0.717) is 23.8 Å². The fourth-order valence-corrected chi connectivity index (χ4v) is 5.24. The van der Waals surface area contributed by atoms with Gasteiger partial charge in [-0.15, -0.1) is 0 Å². The molecule has 0 spiro atoms. The normalized spacial score (nSPS) is 20.5. The molecule has 2 atom stereocenters. The van der Waals surface area contributed by atoms with Crippen LogP contribution in [0.5, 0.6) is 11.5 Å². The van der Waals surface area contributed by atoms with Gasteiger partial charge in [-0.2, -0.15) is 0 Å². The van der Waals surface area contributed by atoms with E-state index in [1.807, 2.05) is 37.3 Å². The lowest BCUT2D eigenvalue weighted by atomic mass is 9.88. The molecule has 1 saturated heterocycles. The average molecular weight is 422 g/mol. The Morgan fingerprint density at radius 3 is 2.70 bits per heavy atom. The number of aromatic amines is 1. The van der Waals surface area contributed by atoms with Crippen molar-refractivity contribution in [3.63, 3.8) is 0 Å². The molecule has 0 unspecified atom stereocenters. The third kappa shape index (κ3) is 2.55. The smallest absolute Gasteiger partial charge is 0.251 e. The number of aromatic nitrogens is 1. The van der Waals surface area contributed by atoms with E-state index in [-0.39, 0.29) is 18.0 Å². The van der Waals surface area contributed by atoms with Crippen LogP contribution in [0.3, 0.4) is 0 Å². The van der Waals surface area contributed by atoms with Gasteiger partial charge in [0.25, 0.3) is 5.91 Å². The predicted molar refractivity (Wildman–Crippen MR) is 119 cm³/mol. The van der Waals surface area contributed by atoms with Gasteiger partial charge in [0.05, 0.1) is 14.2 Å². The summed E-state index contributed by atoms with van der Waals surface area (Å²) in [6.07, 6.45) is 0.629. The lowest BCUT2D eigenvalue weighted by Crippen LogP contribution is -2.44. The summed E-state index contributed by atoms with van der Waals surface area (Å²) in [4.78, 5) is 20.6. The van der Waals surface area contributed by atoms with E-state index in [2.05, 4.69) is 22.0 Å². The van der Waals surface area contributed by atoms with Crippen LogP contribution in [0.15, 0.2) is 42.5 Å². The SMILES string of the molecule is CCN1C(=O)[C@H]2Cc3c([nH]c4ccccc34)[C@@H](c3ccc(OC)cc3OC)N2C1=S. The molecule has 1 aromatic heterocycles. The highest BCUT2D eigenvalue weighted by atomic mass is 32.1. The van der Waals surface area contributed by atoms with Crippen LogP contribution in [0.1, 0.15) is 29.8 Å². The lowest BCUT2D eigenvalue weighted by Gasteiger charge is -2.38. The van der Waals surface area contributed by atoms with Crippen LogP contribution in [0.25, 0.3) is 10.9 Å². The molecule has 6 nitrogen and oxygen atoms in total. The maximum atomic E-state index is 13.2. The Hall–Kier alpha value is -3.06. The zero-order valence-corrected chi connectivity index (χ0v) is 18.0. The summed E-state index contributed by atoms with van der Waals surface area (Å²) in [5, 5.41) is 1.72. The Morgan fingerprint density at radius 1 is 1.17 bits per heavy atom. The highest BCUT2D eigenvalue weighted by molar-refractivity contribution is 7.80. The number of rotatable bonds is 4. The van der Waals surface area contributed by atoms with Gasteiger partial charge >= 0.3 is 0 Å². The zero-order valence-electron chi connectivity index (χ0n) is 17.1. The van der Waals surface area contributed by atoms with E-state index in [1.54, 1.807) is 19.1 Å². The molecule has 0 bridgehead atoms. The molecule has 0 saturated carbocycles. The molecular weight excluding hydrogens is 398 g/mol. The second-order valence-corrected chi connectivity index (χ2v) is 7.93. The number of benzene rings is 2. The Balaban J connectivity index is 1.77. The minimum Gasteiger partial charge on any atom is -0.497 e. The van der Waals surface area contributed by atoms with Crippen molar-refractivity contribution in [3.05, 3.63) is 59.3 Å². The third-order valence-electron chi connectivity index (χ3n) is 6.19. The number of fused-ring (bicyclic) bond motifs is 4. The minimum absolute atomic E-state index is 0.0657. The van der Waals surface area contributed by atoms with Crippen molar-refractivity contribution >= 4 is 34.1 Å². The first-order valence-corrected chi connectivity index (χ1v) is 10.4. The van der Waals surface area contributed by atoms with Crippen LogP contribution in [-0.2, 0) is 11.2 Å². The van der Waals surface area contributed by atoms with Crippen molar-refractivity contribution in [1.82, 2.24) is 14.8 Å². The summed E-state index contributed by atoms with van der Waals surface area (Å²) in [7, 11) is 3.28. The zero-order chi connectivity index (χ0) is 21.0. The number of ether oxygens (including phenoxy) is 2. The minimum atomic E-state index is -0.319. The molecule has 2 aliphatic rings. The second kappa shape index (κ2) is 7.02. The number of nitrogens with one attached hydrogen (secondary N) is 1. The van der Waals surface area contributed by atoms with Crippen molar-refractivity contribution in [2.75, 3.05) is 20.8 Å². The van der Waals surface area contributed by atoms with Gasteiger partial charge < -0.3 is 19.4 Å². The first-order valence-electron chi connectivity index (χ1n) is 10.0. The molecule has 1 N–H and O–H groups in total. The standard InChI is InChI=1S/C23H23N3O3S/c1-4-25-22(27)18-12-16-14-7-5-6-8-17(14)24-20(16)21(26(18)23(25)30)15-10-9-13(28-2)11-19(15)29-3/h5-11,18,21,24H,4,12H2,1-3H3/t18-,21-/m1/s1. The first kappa shape index (κ1) is 18.9. The van der Waals surface area contributed by atoms with E-state index in [4.69, 9.17) is 21.7 Å². The number of amides is 1. The van der Waals surface area contributed by atoms with Gasteiger partial charge in [0.1, 0.15) is 23.6 Å². The van der Waals surface area contributed by atoms with Gasteiger partial charge in [0.2, 0.25) is 0 Å². The third-order valence-corrected chi connectivity index (χ3v) is 6.62. The quantitative estimate of drug-likeness (QED) is 0.652. The van der Waals surface area contributed by atoms with Gasteiger partial charge in [-0.05, 0) is 42.9 Å². The summed E-state index contributed by atoms with van der Waals surface area (Å²) in [6.45, 7) is 2.52. The monoisotopic (exact) mass is 421 g/mol. The number of likely N-dealkylation sites (N-methyl/N-ethyl adjacent to an activating group) is 1. The number of hydrogen-bond acceptors (Lipinski definition) is 4. The summed E-state index contributed by atoms with van der Waals surface area (Å²) >= 11 is 5.78. The molecule has 1 amide bonds. The Bertz CT molecular complexity index is 1170.